The standard InChI is InChI=1S/C20H23F3N2O3/c1-15-6-5-8-17(12-15)27-11-10-24-19(26)14-25(2)13-16-7-3-4-9-18(16)28-20(21,22)23/h3-9,12H,10-11,13-14H2,1-2H3,(H,24,26). The number of rotatable bonds is 9. The molecule has 8 heteroatoms. The average Bonchev–Trinajstić information content (AvgIpc) is 2.59. The number of carbonyl (C=O) groups excluding carboxylic acids is 1. The fourth-order valence-corrected chi connectivity index (χ4v) is 2.57. The summed E-state index contributed by atoms with van der Waals surface area (Å²) >= 11 is 0. The lowest BCUT2D eigenvalue weighted by molar-refractivity contribution is -0.275. The van der Waals surface area contributed by atoms with E-state index < -0.39 is 6.36 Å². The number of carbonyl (C=O) groups is 1. The Morgan fingerprint density at radius 3 is 2.61 bits per heavy atom. The summed E-state index contributed by atoms with van der Waals surface area (Å²) in [5.41, 5.74) is 1.43. The Kier molecular flexibility index (Phi) is 7.69. The molecule has 0 fully saturated rings. The smallest absolute Gasteiger partial charge is 0.492 e. The van der Waals surface area contributed by atoms with Gasteiger partial charge in [-0.2, -0.15) is 0 Å². The summed E-state index contributed by atoms with van der Waals surface area (Å²) < 4.78 is 47.0. The van der Waals surface area contributed by atoms with Crippen LogP contribution in [0.25, 0.3) is 0 Å². The quantitative estimate of drug-likeness (QED) is 0.659. The van der Waals surface area contributed by atoms with Crippen LogP contribution in [0.15, 0.2) is 48.5 Å². The maximum Gasteiger partial charge on any atom is 0.573 e. The third-order valence-corrected chi connectivity index (χ3v) is 3.73. The van der Waals surface area contributed by atoms with Crippen molar-refractivity contribution in [2.45, 2.75) is 19.8 Å². The number of amides is 1. The highest BCUT2D eigenvalue weighted by Crippen LogP contribution is 2.26. The van der Waals surface area contributed by atoms with Gasteiger partial charge in [0.05, 0.1) is 13.1 Å². The first-order valence-electron chi connectivity index (χ1n) is 8.71. The number of likely N-dealkylation sites (N-methyl/N-ethyl adjacent to an activating group) is 1. The molecule has 0 aliphatic rings. The van der Waals surface area contributed by atoms with Gasteiger partial charge < -0.3 is 14.8 Å². The number of halogens is 3. The van der Waals surface area contributed by atoms with Gasteiger partial charge in [0.25, 0.3) is 0 Å². The van der Waals surface area contributed by atoms with E-state index in [0.717, 1.165) is 11.3 Å². The van der Waals surface area contributed by atoms with Crippen LogP contribution >= 0.6 is 0 Å². The van der Waals surface area contributed by atoms with Gasteiger partial charge >= 0.3 is 6.36 Å². The Morgan fingerprint density at radius 2 is 1.89 bits per heavy atom. The van der Waals surface area contributed by atoms with Crippen LogP contribution in [0.1, 0.15) is 11.1 Å². The van der Waals surface area contributed by atoms with E-state index in [4.69, 9.17) is 4.74 Å². The van der Waals surface area contributed by atoms with Gasteiger partial charge in [-0.1, -0.05) is 30.3 Å². The van der Waals surface area contributed by atoms with Crippen molar-refractivity contribution in [1.29, 1.82) is 0 Å². The van der Waals surface area contributed by atoms with Crippen molar-refractivity contribution in [3.63, 3.8) is 0 Å². The van der Waals surface area contributed by atoms with Crippen molar-refractivity contribution < 1.29 is 27.4 Å². The lowest BCUT2D eigenvalue weighted by Crippen LogP contribution is -2.36. The second-order valence-electron chi connectivity index (χ2n) is 6.34. The summed E-state index contributed by atoms with van der Waals surface area (Å²) in [6.45, 7) is 2.78. The Morgan fingerprint density at radius 1 is 1.14 bits per heavy atom. The summed E-state index contributed by atoms with van der Waals surface area (Å²) in [6, 6.07) is 13.4. The summed E-state index contributed by atoms with van der Waals surface area (Å²) in [5.74, 6) is 0.214. The predicted molar refractivity (Wildman–Crippen MR) is 99.1 cm³/mol. The SMILES string of the molecule is Cc1cccc(OCCNC(=O)CN(C)Cc2ccccc2OC(F)(F)F)c1. The van der Waals surface area contributed by atoms with Crippen LogP contribution < -0.4 is 14.8 Å². The third kappa shape index (κ3) is 7.87. The second-order valence-corrected chi connectivity index (χ2v) is 6.34. The van der Waals surface area contributed by atoms with Crippen molar-refractivity contribution in [3.8, 4) is 11.5 Å². The number of aryl methyl sites for hydroxylation is 1. The second kappa shape index (κ2) is 9.98. The number of nitrogens with one attached hydrogen (secondary N) is 1. The first-order chi connectivity index (χ1) is 13.2. The maximum absolute atomic E-state index is 12.5. The first-order valence-corrected chi connectivity index (χ1v) is 8.71. The van der Waals surface area contributed by atoms with E-state index in [9.17, 15) is 18.0 Å². The van der Waals surface area contributed by atoms with Gasteiger partial charge in [0.2, 0.25) is 5.91 Å². The van der Waals surface area contributed by atoms with Crippen LogP contribution in [-0.2, 0) is 11.3 Å². The third-order valence-electron chi connectivity index (χ3n) is 3.73. The first kappa shape index (κ1) is 21.6. The molecule has 2 aromatic rings. The van der Waals surface area contributed by atoms with E-state index >= 15 is 0 Å². The molecule has 0 saturated heterocycles. The maximum atomic E-state index is 12.5. The van der Waals surface area contributed by atoms with Crippen molar-refractivity contribution in [2.75, 3.05) is 26.7 Å². The van der Waals surface area contributed by atoms with Crippen LogP contribution in [0, 0.1) is 6.92 Å². The van der Waals surface area contributed by atoms with Gasteiger partial charge in [0.15, 0.2) is 0 Å². The van der Waals surface area contributed by atoms with Gasteiger partial charge in [-0.05, 0) is 37.7 Å². The molecule has 0 saturated carbocycles. The summed E-state index contributed by atoms with van der Waals surface area (Å²) in [5, 5.41) is 2.72. The summed E-state index contributed by atoms with van der Waals surface area (Å²) in [6.07, 6.45) is -4.76. The van der Waals surface area contributed by atoms with Crippen LogP contribution in [0.3, 0.4) is 0 Å². The van der Waals surface area contributed by atoms with Crippen LogP contribution in [-0.4, -0.2) is 43.9 Å². The number of benzene rings is 2. The molecule has 2 aromatic carbocycles. The van der Waals surface area contributed by atoms with Gasteiger partial charge in [0.1, 0.15) is 18.1 Å². The lowest BCUT2D eigenvalue weighted by atomic mass is 10.2. The highest BCUT2D eigenvalue weighted by Gasteiger charge is 2.32. The van der Waals surface area contributed by atoms with Crippen LogP contribution in [0.2, 0.25) is 0 Å². The minimum atomic E-state index is -4.76. The number of alkyl halides is 3. The fourth-order valence-electron chi connectivity index (χ4n) is 2.57. The lowest BCUT2D eigenvalue weighted by Gasteiger charge is -2.19. The van der Waals surface area contributed by atoms with Crippen molar-refractivity contribution in [3.05, 3.63) is 59.7 Å². The van der Waals surface area contributed by atoms with E-state index in [1.165, 1.54) is 18.2 Å². The largest absolute Gasteiger partial charge is 0.573 e. The molecular formula is C20H23F3N2O3. The summed E-state index contributed by atoms with van der Waals surface area (Å²) in [7, 11) is 1.65. The Labute approximate surface area is 162 Å². The van der Waals surface area contributed by atoms with E-state index in [0.29, 0.717) is 18.7 Å². The minimum Gasteiger partial charge on any atom is -0.492 e. The molecule has 0 aromatic heterocycles. The molecule has 1 amide bonds. The minimum absolute atomic E-state index is 0.0325. The number of ether oxygens (including phenoxy) is 2. The van der Waals surface area contributed by atoms with Gasteiger partial charge in [-0.15, -0.1) is 13.2 Å². The highest BCUT2D eigenvalue weighted by molar-refractivity contribution is 5.77. The zero-order chi connectivity index (χ0) is 20.6. The molecule has 5 nitrogen and oxygen atoms in total. The Bertz CT molecular complexity index is 781. The average molecular weight is 396 g/mol. The van der Waals surface area contributed by atoms with E-state index in [1.807, 2.05) is 31.2 Å². The molecule has 2 rings (SSSR count). The topological polar surface area (TPSA) is 50.8 Å². The van der Waals surface area contributed by atoms with Crippen molar-refractivity contribution >= 4 is 5.91 Å². The van der Waals surface area contributed by atoms with Crippen LogP contribution in [0.5, 0.6) is 11.5 Å². The number of para-hydroxylation sites is 1. The molecule has 0 radical (unpaired) electrons. The monoisotopic (exact) mass is 396 g/mol. The molecule has 152 valence electrons. The van der Waals surface area contributed by atoms with Gasteiger partial charge in [-0.3, -0.25) is 9.69 Å². The number of nitrogens with zero attached hydrogens (tertiary/aromatic N) is 1. The van der Waals surface area contributed by atoms with Gasteiger partial charge in [-0.25, -0.2) is 0 Å². The summed E-state index contributed by atoms with van der Waals surface area (Å²) in [4.78, 5) is 13.6. The molecule has 0 aliphatic heterocycles. The van der Waals surface area contributed by atoms with Gasteiger partial charge in [0, 0.05) is 12.1 Å². The molecule has 0 aliphatic carbocycles. The molecule has 0 bridgehead atoms. The number of hydrogen-bond acceptors (Lipinski definition) is 4. The van der Waals surface area contributed by atoms with Crippen LogP contribution in [0.4, 0.5) is 13.2 Å². The Balaban J connectivity index is 1.75. The fraction of sp³-hybridized carbons (Fsp3) is 0.350. The van der Waals surface area contributed by atoms with Crippen molar-refractivity contribution in [2.24, 2.45) is 0 Å². The zero-order valence-electron chi connectivity index (χ0n) is 15.8. The zero-order valence-corrected chi connectivity index (χ0v) is 15.8. The normalized spacial score (nSPS) is 11.4. The molecule has 0 spiro atoms. The molecule has 0 unspecified atom stereocenters. The molecule has 1 N–H and O–H groups in total. The Hall–Kier alpha value is -2.74. The molecule has 28 heavy (non-hydrogen) atoms. The molecule has 0 atom stereocenters. The van der Waals surface area contributed by atoms with Crippen molar-refractivity contribution in [1.82, 2.24) is 10.2 Å². The molecular weight excluding hydrogens is 373 g/mol. The van der Waals surface area contributed by atoms with E-state index in [2.05, 4.69) is 10.1 Å². The highest BCUT2D eigenvalue weighted by atomic mass is 19.4. The van der Waals surface area contributed by atoms with E-state index in [-0.39, 0.29) is 24.7 Å². The number of hydrogen-bond donors (Lipinski definition) is 1. The molecule has 0 heterocycles. The predicted octanol–water partition coefficient (Wildman–Crippen LogP) is 3.52. The van der Waals surface area contributed by atoms with E-state index in [1.54, 1.807) is 18.0 Å².